The monoisotopic (exact) mass is 335 g/mol. The number of carbonyl (C=O) groups is 2. The molecular formula is C17H29N5O2. The zero-order chi connectivity index (χ0) is 18.2. The molecule has 7 heteroatoms. The van der Waals surface area contributed by atoms with Crippen molar-refractivity contribution in [2.45, 2.75) is 39.3 Å². The molecule has 2 N–H and O–H groups in total. The van der Waals surface area contributed by atoms with Gasteiger partial charge in [0, 0.05) is 45.3 Å². The lowest BCUT2D eigenvalue weighted by atomic mass is 9.94. The predicted molar refractivity (Wildman–Crippen MR) is 93.3 cm³/mol. The van der Waals surface area contributed by atoms with Crippen molar-refractivity contribution in [2.24, 2.45) is 5.92 Å². The van der Waals surface area contributed by atoms with Gasteiger partial charge in [-0.15, -0.1) is 0 Å². The van der Waals surface area contributed by atoms with E-state index in [0.29, 0.717) is 18.8 Å². The number of rotatable bonds is 4. The molecule has 7 nitrogen and oxygen atoms in total. The number of nitrogens with zero attached hydrogens (tertiary/aromatic N) is 3. The molecule has 0 spiro atoms. The highest BCUT2D eigenvalue weighted by atomic mass is 16.2. The Bertz CT molecular complexity index is 584. The van der Waals surface area contributed by atoms with Gasteiger partial charge >= 0.3 is 0 Å². The molecule has 0 aromatic rings. The van der Waals surface area contributed by atoms with Crippen LogP contribution in [0.4, 0.5) is 0 Å². The van der Waals surface area contributed by atoms with Gasteiger partial charge in [0.25, 0.3) is 5.91 Å². The molecule has 0 aromatic carbocycles. The molecule has 2 unspecified atom stereocenters. The molecule has 2 rings (SSSR count). The van der Waals surface area contributed by atoms with E-state index in [2.05, 4.69) is 24.1 Å². The lowest BCUT2D eigenvalue weighted by molar-refractivity contribution is -0.136. The van der Waals surface area contributed by atoms with E-state index in [-0.39, 0.29) is 29.8 Å². The first-order valence-corrected chi connectivity index (χ1v) is 8.37. The van der Waals surface area contributed by atoms with Gasteiger partial charge in [0.2, 0.25) is 5.91 Å². The van der Waals surface area contributed by atoms with E-state index in [1.807, 2.05) is 38.0 Å². The first-order chi connectivity index (χ1) is 11.2. The van der Waals surface area contributed by atoms with Crippen LogP contribution in [0.25, 0.3) is 0 Å². The molecule has 0 bridgehead atoms. The van der Waals surface area contributed by atoms with Crippen LogP contribution in [0.5, 0.6) is 0 Å². The van der Waals surface area contributed by atoms with Gasteiger partial charge in [0.15, 0.2) is 0 Å². The minimum absolute atomic E-state index is 0.0373. The number of amides is 2. The Balaban J connectivity index is 2.44. The average molecular weight is 335 g/mol. The van der Waals surface area contributed by atoms with Crippen molar-refractivity contribution in [3.05, 3.63) is 23.7 Å². The Morgan fingerprint density at radius 3 is 2.58 bits per heavy atom. The number of hydrogen-bond acceptors (Lipinski definition) is 5. The van der Waals surface area contributed by atoms with Crippen molar-refractivity contribution in [1.82, 2.24) is 25.6 Å². The number of hydrogen-bond donors (Lipinski definition) is 2. The smallest absolute Gasteiger partial charge is 0.257 e. The van der Waals surface area contributed by atoms with Crippen molar-refractivity contribution < 1.29 is 9.59 Å². The van der Waals surface area contributed by atoms with Crippen molar-refractivity contribution in [3.8, 4) is 0 Å². The molecule has 0 aliphatic carbocycles. The molecule has 0 saturated heterocycles. The third kappa shape index (κ3) is 3.06. The van der Waals surface area contributed by atoms with Crippen molar-refractivity contribution >= 4 is 11.8 Å². The fourth-order valence-corrected chi connectivity index (χ4v) is 3.37. The zero-order valence-corrected chi connectivity index (χ0v) is 15.5. The van der Waals surface area contributed by atoms with Crippen LogP contribution in [0.3, 0.4) is 0 Å². The van der Waals surface area contributed by atoms with Gasteiger partial charge < -0.3 is 10.6 Å². The Hall–Kier alpha value is -1.86. The Kier molecular flexibility index (Phi) is 5.35. The second kappa shape index (κ2) is 6.94. The van der Waals surface area contributed by atoms with Gasteiger partial charge in [-0.3, -0.25) is 19.5 Å². The lowest BCUT2D eigenvalue weighted by Gasteiger charge is -2.48. The highest BCUT2D eigenvalue weighted by molar-refractivity contribution is 5.97. The van der Waals surface area contributed by atoms with Crippen LogP contribution in [0, 0.1) is 5.92 Å². The van der Waals surface area contributed by atoms with Gasteiger partial charge in [-0.2, -0.15) is 0 Å². The highest BCUT2D eigenvalue weighted by Crippen LogP contribution is 2.34. The van der Waals surface area contributed by atoms with Gasteiger partial charge in [-0.05, 0) is 20.3 Å². The summed E-state index contributed by atoms with van der Waals surface area (Å²) in [6.07, 6.45) is 0.670. The summed E-state index contributed by atoms with van der Waals surface area (Å²) >= 11 is 0. The molecule has 2 aliphatic rings. The maximum absolute atomic E-state index is 13.1. The summed E-state index contributed by atoms with van der Waals surface area (Å²) in [5.41, 5.74) is 1.75. The third-order valence-corrected chi connectivity index (χ3v) is 4.92. The summed E-state index contributed by atoms with van der Waals surface area (Å²) < 4.78 is 0. The lowest BCUT2D eigenvalue weighted by Crippen LogP contribution is -2.58. The molecule has 2 amide bonds. The van der Waals surface area contributed by atoms with Crippen molar-refractivity contribution in [2.75, 3.05) is 27.7 Å². The minimum Gasteiger partial charge on any atom is -0.359 e. The van der Waals surface area contributed by atoms with E-state index >= 15 is 0 Å². The van der Waals surface area contributed by atoms with Crippen LogP contribution in [-0.4, -0.2) is 66.5 Å². The van der Waals surface area contributed by atoms with Crippen LogP contribution in [0.2, 0.25) is 0 Å². The fourth-order valence-electron chi connectivity index (χ4n) is 3.37. The SMILES string of the molecule is C=C1N(C(C)[C@@H](C)C(=O)NC)C(=O)C2=C(CNC(C)C2)N1N(C)C. The molecule has 0 saturated carbocycles. The molecule has 134 valence electrons. The first kappa shape index (κ1) is 18.5. The predicted octanol–water partition coefficient (Wildman–Crippen LogP) is 0.485. The average Bonchev–Trinajstić information content (AvgIpc) is 2.53. The Morgan fingerprint density at radius 1 is 1.42 bits per heavy atom. The maximum Gasteiger partial charge on any atom is 0.257 e. The standard InChI is InChI=1S/C17H29N5O2/c1-10-8-14-15(9-19-10)22(20(6)7)13(4)21(17(14)24)12(3)11(2)16(23)18-5/h10-12,19H,4,8-9H2,1-3,5-7H3,(H,18,23)/t10?,11-,12?/m1/s1. The van der Waals surface area contributed by atoms with E-state index in [0.717, 1.165) is 11.3 Å². The zero-order valence-electron chi connectivity index (χ0n) is 15.5. The number of carbonyl (C=O) groups excluding carboxylic acids is 2. The van der Waals surface area contributed by atoms with E-state index in [4.69, 9.17) is 0 Å². The summed E-state index contributed by atoms with van der Waals surface area (Å²) in [7, 11) is 5.46. The third-order valence-electron chi connectivity index (χ3n) is 4.92. The Morgan fingerprint density at radius 2 is 2.04 bits per heavy atom. The first-order valence-electron chi connectivity index (χ1n) is 8.37. The van der Waals surface area contributed by atoms with Gasteiger partial charge in [-0.1, -0.05) is 13.5 Å². The summed E-state index contributed by atoms with van der Waals surface area (Å²) in [4.78, 5) is 26.8. The molecule has 2 heterocycles. The minimum atomic E-state index is -0.332. The highest BCUT2D eigenvalue weighted by Gasteiger charge is 2.42. The van der Waals surface area contributed by atoms with E-state index < -0.39 is 0 Å². The van der Waals surface area contributed by atoms with Crippen LogP contribution in [0.15, 0.2) is 23.7 Å². The van der Waals surface area contributed by atoms with Crippen molar-refractivity contribution in [1.29, 1.82) is 0 Å². The number of hydrazine groups is 1. The second-order valence-electron chi connectivity index (χ2n) is 6.81. The number of nitrogens with one attached hydrogen (secondary N) is 2. The fraction of sp³-hybridized carbons (Fsp3) is 0.647. The molecular weight excluding hydrogens is 306 g/mol. The molecule has 0 fully saturated rings. The van der Waals surface area contributed by atoms with Gasteiger partial charge in [0.05, 0.1) is 11.6 Å². The largest absolute Gasteiger partial charge is 0.359 e. The summed E-state index contributed by atoms with van der Waals surface area (Å²) in [5.74, 6) is 0.131. The molecule has 24 heavy (non-hydrogen) atoms. The summed E-state index contributed by atoms with van der Waals surface area (Å²) in [6, 6.07) is -0.0387. The van der Waals surface area contributed by atoms with Crippen LogP contribution in [0.1, 0.15) is 27.2 Å². The molecule has 0 radical (unpaired) electrons. The molecule has 3 atom stereocenters. The second-order valence-corrected chi connectivity index (χ2v) is 6.81. The van der Waals surface area contributed by atoms with Crippen LogP contribution >= 0.6 is 0 Å². The maximum atomic E-state index is 13.1. The topological polar surface area (TPSA) is 67.9 Å². The Labute approximate surface area is 144 Å². The quantitative estimate of drug-likeness (QED) is 0.782. The van der Waals surface area contributed by atoms with E-state index in [1.54, 1.807) is 11.9 Å². The van der Waals surface area contributed by atoms with E-state index in [1.165, 1.54) is 0 Å². The normalized spacial score (nSPS) is 24.2. The van der Waals surface area contributed by atoms with Gasteiger partial charge in [-0.25, -0.2) is 5.01 Å². The van der Waals surface area contributed by atoms with Crippen LogP contribution < -0.4 is 10.6 Å². The summed E-state index contributed by atoms with van der Waals surface area (Å²) in [5, 5.41) is 9.94. The van der Waals surface area contributed by atoms with Gasteiger partial charge in [0.1, 0.15) is 5.82 Å². The molecule has 2 aliphatic heterocycles. The summed E-state index contributed by atoms with van der Waals surface area (Å²) in [6.45, 7) is 10.6. The van der Waals surface area contributed by atoms with Crippen molar-refractivity contribution in [3.63, 3.8) is 0 Å². The van der Waals surface area contributed by atoms with E-state index in [9.17, 15) is 9.59 Å². The van der Waals surface area contributed by atoms with Crippen LogP contribution in [-0.2, 0) is 9.59 Å². The molecule has 0 aromatic heterocycles.